The van der Waals surface area contributed by atoms with Crippen LogP contribution in [0.3, 0.4) is 0 Å². The van der Waals surface area contributed by atoms with Crippen LogP contribution in [0.15, 0.2) is 182 Å². The summed E-state index contributed by atoms with van der Waals surface area (Å²) in [6.07, 6.45) is 0.862. The molecule has 0 radical (unpaired) electrons. The van der Waals surface area contributed by atoms with E-state index in [4.69, 9.17) is 0 Å². The van der Waals surface area contributed by atoms with E-state index in [1.165, 1.54) is 87.6 Å². The highest BCUT2D eigenvalue weighted by molar-refractivity contribution is 6.17. The average Bonchev–Trinajstić information content (AvgIpc) is 3.15. The minimum Gasteiger partial charge on any atom is -0.0622 e. The highest BCUT2D eigenvalue weighted by atomic mass is 14.2. The lowest BCUT2D eigenvalue weighted by Crippen LogP contribution is -1.97. The van der Waals surface area contributed by atoms with Crippen molar-refractivity contribution in [3.05, 3.63) is 193 Å². The fourth-order valence-electron chi connectivity index (χ4n) is 7.52. The number of fused-ring (bicyclic) bond motifs is 5. The van der Waals surface area contributed by atoms with E-state index in [9.17, 15) is 0 Å². The van der Waals surface area contributed by atoms with Gasteiger partial charge in [0.1, 0.15) is 0 Å². The number of hydrogen-bond donors (Lipinski definition) is 0. The topological polar surface area (TPSA) is 0 Å². The molecule has 0 N–H and O–H groups in total. The molecule has 0 aliphatic carbocycles. The van der Waals surface area contributed by atoms with Gasteiger partial charge in [0, 0.05) is 0 Å². The lowest BCUT2D eigenvalue weighted by molar-refractivity contribution is 1.23. The third kappa shape index (κ3) is 4.78. The molecular weight excluding hydrogens is 565 g/mol. The summed E-state index contributed by atoms with van der Waals surface area (Å²) in [5, 5.41) is 10.3. The van der Waals surface area contributed by atoms with Crippen molar-refractivity contribution in [1.82, 2.24) is 0 Å². The van der Waals surface area contributed by atoms with Gasteiger partial charge in [-0.3, -0.25) is 0 Å². The van der Waals surface area contributed by atoms with Crippen LogP contribution >= 0.6 is 0 Å². The van der Waals surface area contributed by atoms with E-state index in [0.717, 1.165) is 6.42 Å². The first kappa shape index (κ1) is 27.3. The van der Waals surface area contributed by atoms with Crippen LogP contribution in [0.5, 0.6) is 0 Å². The Hall–Kier alpha value is -5.98. The summed E-state index contributed by atoms with van der Waals surface area (Å²) >= 11 is 0. The van der Waals surface area contributed by atoms with Crippen molar-refractivity contribution >= 4 is 43.1 Å². The lowest BCUT2D eigenvalue weighted by Gasteiger charge is -2.19. The van der Waals surface area contributed by atoms with E-state index in [0.29, 0.717) is 0 Å². The molecule has 220 valence electrons. The van der Waals surface area contributed by atoms with Gasteiger partial charge in [-0.25, -0.2) is 0 Å². The zero-order valence-electron chi connectivity index (χ0n) is 26.0. The van der Waals surface area contributed by atoms with Crippen molar-refractivity contribution in [3.63, 3.8) is 0 Å². The van der Waals surface area contributed by atoms with Crippen molar-refractivity contribution in [2.45, 2.75) is 6.42 Å². The Balaban J connectivity index is 1.21. The van der Waals surface area contributed by atoms with E-state index in [1.807, 2.05) is 0 Å². The maximum absolute atomic E-state index is 2.39. The minimum absolute atomic E-state index is 0.862. The second-order valence-electron chi connectivity index (χ2n) is 12.4. The second kappa shape index (κ2) is 11.4. The quantitative estimate of drug-likeness (QED) is 0.137. The fraction of sp³-hybridized carbons (Fsp3) is 0.0213. The SMILES string of the molecule is c1ccc(-c2ccc3c(ccc4cc(-c5c6ccccc6c(Cc6ccccc6-c6ccccc6)c6ccccc56)ccc43)c2)cc1. The van der Waals surface area contributed by atoms with Crippen LogP contribution in [-0.4, -0.2) is 0 Å². The molecule has 0 heterocycles. The van der Waals surface area contributed by atoms with Gasteiger partial charge < -0.3 is 0 Å². The van der Waals surface area contributed by atoms with Crippen LogP contribution in [0.4, 0.5) is 0 Å². The summed E-state index contributed by atoms with van der Waals surface area (Å²) in [6.45, 7) is 0. The van der Waals surface area contributed by atoms with Crippen molar-refractivity contribution in [2.75, 3.05) is 0 Å². The highest BCUT2D eigenvalue weighted by Crippen LogP contribution is 2.42. The van der Waals surface area contributed by atoms with Gasteiger partial charge in [-0.15, -0.1) is 0 Å². The van der Waals surface area contributed by atoms with Gasteiger partial charge in [-0.1, -0.05) is 170 Å². The molecule has 9 aromatic rings. The fourth-order valence-corrected chi connectivity index (χ4v) is 7.52. The number of hydrogen-bond acceptors (Lipinski definition) is 0. The Morgan fingerprint density at radius 3 is 1.43 bits per heavy atom. The van der Waals surface area contributed by atoms with Crippen LogP contribution in [0.2, 0.25) is 0 Å². The van der Waals surface area contributed by atoms with E-state index in [1.54, 1.807) is 0 Å². The van der Waals surface area contributed by atoms with Crippen LogP contribution in [-0.2, 0) is 6.42 Å². The van der Waals surface area contributed by atoms with E-state index in [-0.39, 0.29) is 0 Å². The largest absolute Gasteiger partial charge is 0.0622 e. The highest BCUT2D eigenvalue weighted by Gasteiger charge is 2.17. The molecule has 0 unspecified atom stereocenters. The molecule has 0 aromatic heterocycles. The molecule has 0 atom stereocenters. The Bertz CT molecular complexity index is 2520. The second-order valence-corrected chi connectivity index (χ2v) is 12.4. The molecule has 9 rings (SSSR count). The average molecular weight is 597 g/mol. The van der Waals surface area contributed by atoms with Gasteiger partial charge >= 0.3 is 0 Å². The summed E-state index contributed by atoms with van der Waals surface area (Å²) in [5.74, 6) is 0. The summed E-state index contributed by atoms with van der Waals surface area (Å²) in [7, 11) is 0. The third-order valence-electron chi connectivity index (χ3n) is 9.74. The maximum Gasteiger partial charge on any atom is -0.000728 e. The zero-order valence-corrected chi connectivity index (χ0v) is 26.0. The van der Waals surface area contributed by atoms with Gasteiger partial charge in [0.2, 0.25) is 0 Å². The molecule has 0 heteroatoms. The van der Waals surface area contributed by atoms with E-state index < -0.39 is 0 Å². The van der Waals surface area contributed by atoms with Crippen molar-refractivity contribution in [3.8, 4) is 33.4 Å². The van der Waals surface area contributed by atoms with Gasteiger partial charge in [0.15, 0.2) is 0 Å². The zero-order chi connectivity index (χ0) is 31.2. The predicted molar refractivity (Wildman–Crippen MR) is 202 cm³/mol. The molecule has 0 bridgehead atoms. The first-order chi connectivity index (χ1) is 23.3. The molecule has 0 fully saturated rings. The lowest BCUT2D eigenvalue weighted by atomic mass is 9.84. The Labute approximate surface area is 275 Å². The maximum atomic E-state index is 2.39. The Morgan fingerprint density at radius 2 is 0.787 bits per heavy atom. The molecule has 0 nitrogen and oxygen atoms in total. The van der Waals surface area contributed by atoms with Crippen LogP contribution in [0.1, 0.15) is 11.1 Å². The molecule has 0 aliphatic heterocycles. The molecular formula is C47H32. The van der Waals surface area contributed by atoms with Crippen molar-refractivity contribution in [1.29, 1.82) is 0 Å². The van der Waals surface area contributed by atoms with Crippen LogP contribution in [0, 0.1) is 0 Å². The van der Waals surface area contributed by atoms with Gasteiger partial charge in [-0.2, -0.15) is 0 Å². The first-order valence-electron chi connectivity index (χ1n) is 16.4. The van der Waals surface area contributed by atoms with E-state index >= 15 is 0 Å². The van der Waals surface area contributed by atoms with Crippen LogP contribution < -0.4 is 0 Å². The monoisotopic (exact) mass is 596 g/mol. The standard InChI is InChI=1S/C47H32/c1-3-13-32(14-4-1)34-25-27-40-36(29-34)23-24-37-30-38(26-28-41(37)40)47-44-21-11-9-19-42(44)46(43-20-10-12-22-45(43)47)31-35-17-7-8-18-39(35)33-15-5-2-6-16-33/h1-30H,31H2. The summed E-state index contributed by atoms with van der Waals surface area (Å²) in [6, 6.07) is 66.7. The molecule has 47 heavy (non-hydrogen) atoms. The molecule has 0 aliphatic rings. The Morgan fingerprint density at radius 1 is 0.298 bits per heavy atom. The van der Waals surface area contributed by atoms with Gasteiger partial charge in [0.25, 0.3) is 0 Å². The summed E-state index contributed by atoms with van der Waals surface area (Å²) in [5.41, 5.74) is 10.3. The molecule has 0 amide bonds. The molecule has 0 saturated heterocycles. The molecule has 0 saturated carbocycles. The smallest absolute Gasteiger partial charge is 0.000728 e. The first-order valence-corrected chi connectivity index (χ1v) is 16.4. The van der Waals surface area contributed by atoms with Crippen molar-refractivity contribution in [2.24, 2.45) is 0 Å². The van der Waals surface area contributed by atoms with E-state index in [2.05, 4.69) is 182 Å². The van der Waals surface area contributed by atoms with Gasteiger partial charge in [0.05, 0.1) is 0 Å². The molecule has 9 aromatic carbocycles. The molecule has 0 spiro atoms. The minimum atomic E-state index is 0.862. The van der Waals surface area contributed by atoms with Crippen molar-refractivity contribution < 1.29 is 0 Å². The normalized spacial score (nSPS) is 11.5. The van der Waals surface area contributed by atoms with Crippen LogP contribution in [0.25, 0.3) is 76.5 Å². The third-order valence-corrected chi connectivity index (χ3v) is 9.74. The van der Waals surface area contributed by atoms with Gasteiger partial charge in [-0.05, 0) is 106 Å². The Kier molecular flexibility index (Phi) is 6.65. The summed E-state index contributed by atoms with van der Waals surface area (Å²) < 4.78 is 0. The number of rotatable bonds is 5. The number of benzene rings is 9. The summed E-state index contributed by atoms with van der Waals surface area (Å²) in [4.78, 5) is 0. The predicted octanol–water partition coefficient (Wildman–Crippen LogP) is 12.9.